The van der Waals surface area contributed by atoms with Crippen molar-refractivity contribution in [2.75, 3.05) is 5.75 Å². The summed E-state index contributed by atoms with van der Waals surface area (Å²) in [5.74, 6) is 0.932. The number of thioether (sulfide) groups is 1. The average molecular weight is 186 g/mol. The highest BCUT2D eigenvalue weighted by Gasteiger charge is 2.08. The summed E-state index contributed by atoms with van der Waals surface area (Å²) in [6, 6.07) is 0. The van der Waals surface area contributed by atoms with E-state index in [0.717, 1.165) is 11.4 Å². The van der Waals surface area contributed by atoms with Gasteiger partial charge in [0.1, 0.15) is 5.82 Å². The first-order chi connectivity index (χ1) is 5.65. The minimum Gasteiger partial charge on any atom is -0.237 e. The maximum atomic E-state index is 13.1. The van der Waals surface area contributed by atoms with Gasteiger partial charge < -0.3 is 0 Å². The number of hydrogen-bond donors (Lipinski definition) is 0. The maximum absolute atomic E-state index is 13.1. The third-order valence-electron chi connectivity index (χ3n) is 1.39. The average Bonchev–Trinajstić information content (AvgIpc) is 1.96. The first-order valence-electron chi connectivity index (χ1n) is 3.78. The van der Waals surface area contributed by atoms with E-state index in [1.165, 1.54) is 11.8 Å². The van der Waals surface area contributed by atoms with Crippen molar-refractivity contribution in [3.8, 4) is 0 Å². The summed E-state index contributed by atoms with van der Waals surface area (Å²) in [5, 5.41) is 0. The molecule has 0 aliphatic carbocycles. The van der Waals surface area contributed by atoms with Crippen molar-refractivity contribution < 1.29 is 4.39 Å². The molecule has 0 fully saturated rings. The van der Waals surface area contributed by atoms with Gasteiger partial charge in [0.2, 0.25) is 5.95 Å². The molecular weight excluding hydrogens is 175 g/mol. The lowest BCUT2D eigenvalue weighted by Crippen LogP contribution is -1.98. The van der Waals surface area contributed by atoms with E-state index in [2.05, 4.69) is 9.97 Å². The molecule has 0 radical (unpaired) electrons. The van der Waals surface area contributed by atoms with E-state index in [1.54, 1.807) is 13.8 Å². The van der Waals surface area contributed by atoms with Gasteiger partial charge in [0, 0.05) is 0 Å². The minimum absolute atomic E-state index is 0.396. The smallest absolute Gasteiger partial charge is 0.230 e. The van der Waals surface area contributed by atoms with Gasteiger partial charge in [-0.1, -0.05) is 6.92 Å². The summed E-state index contributed by atoms with van der Waals surface area (Å²) < 4.78 is 13.1. The van der Waals surface area contributed by atoms with Crippen LogP contribution in [0.2, 0.25) is 0 Å². The van der Waals surface area contributed by atoms with Crippen LogP contribution >= 0.6 is 11.8 Å². The van der Waals surface area contributed by atoms with Gasteiger partial charge in [-0.05, 0) is 19.6 Å². The van der Waals surface area contributed by atoms with Crippen LogP contribution in [0.15, 0.2) is 4.90 Å². The third kappa shape index (κ3) is 1.94. The molecule has 12 heavy (non-hydrogen) atoms. The zero-order valence-corrected chi connectivity index (χ0v) is 8.20. The molecule has 0 bridgehead atoms. The molecule has 0 aliphatic heterocycles. The van der Waals surface area contributed by atoms with Gasteiger partial charge in [-0.3, -0.25) is 0 Å². The van der Waals surface area contributed by atoms with Crippen LogP contribution in [-0.4, -0.2) is 15.7 Å². The highest BCUT2D eigenvalue weighted by molar-refractivity contribution is 7.99. The number of hydrogen-bond acceptors (Lipinski definition) is 3. The van der Waals surface area contributed by atoms with Crippen LogP contribution in [0.5, 0.6) is 0 Å². The van der Waals surface area contributed by atoms with Gasteiger partial charge in [-0.15, -0.1) is 11.8 Å². The first kappa shape index (κ1) is 9.45. The second-order valence-corrected chi connectivity index (χ2v) is 3.68. The molecule has 0 amide bonds. The van der Waals surface area contributed by atoms with E-state index in [4.69, 9.17) is 0 Å². The molecule has 0 unspecified atom stereocenters. The predicted octanol–water partition coefficient (Wildman–Crippen LogP) is 2.34. The van der Waals surface area contributed by atoms with E-state index in [-0.39, 0.29) is 0 Å². The van der Waals surface area contributed by atoms with E-state index in [9.17, 15) is 4.39 Å². The lowest BCUT2D eigenvalue weighted by atomic mass is 10.4. The number of halogens is 1. The van der Waals surface area contributed by atoms with Gasteiger partial charge in [-0.2, -0.15) is 4.39 Å². The van der Waals surface area contributed by atoms with Crippen molar-refractivity contribution in [1.82, 2.24) is 9.97 Å². The fourth-order valence-corrected chi connectivity index (χ4v) is 1.68. The van der Waals surface area contributed by atoms with Crippen molar-refractivity contribution in [1.29, 1.82) is 0 Å². The summed E-state index contributed by atoms with van der Waals surface area (Å²) in [5.41, 5.74) is 0.729. The van der Waals surface area contributed by atoms with Crippen LogP contribution in [0.4, 0.5) is 4.39 Å². The standard InChI is InChI=1S/C8H11FN2S/c1-4-12-7-5(2)10-6(3)11-8(7)9/h4H2,1-3H3. The van der Waals surface area contributed by atoms with Crippen LogP contribution in [0.1, 0.15) is 18.4 Å². The summed E-state index contributed by atoms with van der Waals surface area (Å²) in [7, 11) is 0. The minimum atomic E-state index is -0.396. The van der Waals surface area contributed by atoms with Crippen molar-refractivity contribution >= 4 is 11.8 Å². The Morgan fingerprint density at radius 1 is 1.33 bits per heavy atom. The fourth-order valence-electron chi connectivity index (χ4n) is 0.969. The number of aromatic nitrogens is 2. The molecule has 1 aromatic heterocycles. The van der Waals surface area contributed by atoms with Crippen molar-refractivity contribution in [2.45, 2.75) is 25.7 Å². The molecule has 0 aromatic carbocycles. The fraction of sp³-hybridized carbons (Fsp3) is 0.500. The zero-order valence-electron chi connectivity index (χ0n) is 7.39. The second-order valence-electron chi connectivity index (χ2n) is 2.41. The van der Waals surface area contributed by atoms with Gasteiger partial charge in [0.15, 0.2) is 0 Å². The highest BCUT2D eigenvalue weighted by Crippen LogP contribution is 2.22. The summed E-state index contributed by atoms with van der Waals surface area (Å²) >= 11 is 1.44. The Hall–Kier alpha value is -0.640. The molecule has 66 valence electrons. The van der Waals surface area contributed by atoms with Crippen LogP contribution in [-0.2, 0) is 0 Å². The summed E-state index contributed by atoms with van der Waals surface area (Å²) in [6.07, 6.45) is 0. The van der Waals surface area contributed by atoms with E-state index in [1.807, 2.05) is 6.92 Å². The molecule has 0 aliphatic rings. The molecule has 0 saturated carbocycles. The summed E-state index contributed by atoms with van der Waals surface area (Å²) in [6.45, 7) is 5.47. The summed E-state index contributed by atoms with van der Waals surface area (Å²) in [4.78, 5) is 8.31. The molecule has 1 aromatic rings. The van der Waals surface area contributed by atoms with Crippen molar-refractivity contribution in [2.24, 2.45) is 0 Å². The Kier molecular flexibility index (Phi) is 3.03. The Labute approximate surface area is 75.6 Å². The molecular formula is C8H11FN2S. The molecule has 2 nitrogen and oxygen atoms in total. The molecule has 4 heteroatoms. The lowest BCUT2D eigenvalue weighted by Gasteiger charge is -2.04. The number of nitrogens with zero attached hydrogens (tertiary/aromatic N) is 2. The van der Waals surface area contributed by atoms with Crippen molar-refractivity contribution in [3.05, 3.63) is 17.5 Å². The van der Waals surface area contributed by atoms with Crippen molar-refractivity contribution in [3.63, 3.8) is 0 Å². The van der Waals surface area contributed by atoms with Gasteiger partial charge in [-0.25, -0.2) is 9.97 Å². The van der Waals surface area contributed by atoms with Crippen LogP contribution in [0, 0.1) is 19.8 Å². The van der Waals surface area contributed by atoms with Gasteiger partial charge in [0.25, 0.3) is 0 Å². The first-order valence-corrected chi connectivity index (χ1v) is 4.77. The topological polar surface area (TPSA) is 25.8 Å². The molecule has 0 spiro atoms. The van der Waals surface area contributed by atoms with E-state index in [0.29, 0.717) is 10.7 Å². The van der Waals surface area contributed by atoms with Crippen LogP contribution in [0.25, 0.3) is 0 Å². The monoisotopic (exact) mass is 186 g/mol. The molecule has 1 heterocycles. The Morgan fingerprint density at radius 2 is 2.00 bits per heavy atom. The van der Waals surface area contributed by atoms with E-state index < -0.39 is 5.95 Å². The Bertz CT molecular complexity index is 265. The second kappa shape index (κ2) is 3.85. The Morgan fingerprint density at radius 3 is 2.50 bits per heavy atom. The predicted molar refractivity (Wildman–Crippen MR) is 47.9 cm³/mol. The largest absolute Gasteiger partial charge is 0.237 e. The van der Waals surface area contributed by atoms with Gasteiger partial charge >= 0.3 is 0 Å². The normalized spacial score (nSPS) is 10.3. The zero-order chi connectivity index (χ0) is 9.14. The number of rotatable bonds is 2. The molecule has 0 atom stereocenters. The molecule has 0 N–H and O–H groups in total. The van der Waals surface area contributed by atoms with E-state index >= 15 is 0 Å². The Balaban J connectivity index is 3.10. The molecule has 1 rings (SSSR count). The van der Waals surface area contributed by atoms with Crippen LogP contribution in [0.3, 0.4) is 0 Å². The maximum Gasteiger partial charge on any atom is 0.230 e. The quantitative estimate of drug-likeness (QED) is 0.523. The SMILES string of the molecule is CCSc1c(C)nc(C)nc1F. The van der Waals surface area contributed by atoms with Gasteiger partial charge in [0.05, 0.1) is 10.6 Å². The number of aryl methyl sites for hydroxylation is 2. The molecule has 0 saturated heterocycles. The van der Waals surface area contributed by atoms with Crippen LogP contribution < -0.4 is 0 Å². The lowest BCUT2D eigenvalue weighted by molar-refractivity contribution is 0.542. The third-order valence-corrected chi connectivity index (χ3v) is 2.44. The highest BCUT2D eigenvalue weighted by atomic mass is 32.2.